The zero-order valence-electron chi connectivity index (χ0n) is 4.99. The van der Waals surface area contributed by atoms with Crippen LogP contribution in [-0.4, -0.2) is 20.8 Å². The standard InChI is InChI=1S/C6H8N2O/c9-5-3-6-7-1-2-8(6)4-5/h1-2,5,9H,3-4H2/t5-/m0/s1. The Morgan fingerprint density at radius 3 is 3.44 bits per heavy atom. The number of fused-ring (bicyclic) bond motifs is 1. The van der Waals surface area contributed by atoms with Crippen LogP contribution in [0.4, 0.5) is 0 Å². The Labute approximate surface area is 53.0 Å². The molecule has 0 fully saturated rings. The quantitative estimate of drug-likeness (QED) is 0.520. The Balaban J connectivity index is 2.39. The summed E-state index contributed by atoms with van der Waals surface area (Å²) in [4.78, 5) is 4.05. The van der Waals surface area contributed by atoms with E-state index >= 15 is 0 Å². The smallest absolute Gasteiger partial charge is 0.111 e. The Morgan fingerprint density at radius 2 is 2.67 bits per heavy atom. The van der Waals surface area contributed by atoms with Crippen molar-refractivity contribution in [2.45, 2.75) is 19.1 Å². The summed E-state index contributed by atoms with van der Waals surface area (Å²) < 4.78 is 1.98. The molecule has 1 aromatic rings. The third-order valence-corrected chi connectivity index (χ3v) is 1.63. The summed E-state index contributed by atoms with van der Waals surface area (Å²) in [5.74, 6) is 1.00. The normalized spacial score (nSPS) is 24.3. The van der Waals surface area contributed by atoms with E-state index < -0.39 is 0 Å². The van der Waals surface area contributed by atoms with Crippen molar-refractivity contribution in [3.8, 4) is 0 Å². The molecule has 1 aliphatic rings. The second kappa shape index (κ2) is 1.57. The highest BCUT2D eigenvalue weighted by Crippen LogP contribution is 2.11. The molecule has 0 aromatic carbocycles. The van der Waals surface area contributed by atoms with Gasteiger partial charge in [0.1, 0.15) is 5.82 Å². The van der Waals surface area contributed by atoms with Crippen molar-refractivity contribution in [3.05, 3.63) is 18.2 Å². The molecule has 3 nitrogen and oxygen atoms in total. The van der Waals surface area contributed by atoms with E-state index in [0.29, 0.717) is 6.42 Å². The maximum atomic E-state index is 9.08. The lowest BCUT2D eigenvalue weighted by Gasteiger charge is -1.94. The lowest BCUT2D eigenvalue weighted by molar-refractivity contribution is 0.175. The molecule has 0 aliphatic carbocycles. The molecule has 1 N–H and O–H groups in total. The van der Waals surface area contributed by atoms with Gasteiger partial charge >= 0.3 is 0 Å². The van der Waals surface area contributed by atoms with Crippen LogP contribution in [0.25, 0.3) is 0 Å². The molecule has 0 unspecified atom stereocenters. The summed E-state index contributed by atoms with van der Waals surface area (Å²) in [6, 6.07) is 0. The van der Waals surface area contributed by atoms with Crippen LogP contribution in [-0.2, 0) is 13.0 Å². The van der Waals surface area contributed by atoms with Gasteiger partial charge in [0, 0.05) is 18.8 Å². The molecule has 1 atom stereocenters. The average Bonchev–Trinajstić information content (AvgIpc) is 2.22. The Bertz CT molecular complexity index is 198. The summed E-state index contributed by atoms with van der Waals surface area (Å²) in [5.41, 5.74) is 0. The van der Waals surface area contributed by atoms with Crippen LogP contribution >= 0.6 is 0 Å². The lowest BCUT2D eigenvalue weighted by atomic mass is 10.3. The van der Waals surface area contributed by atoms with Gasteiger partial charge in [-0.05, 0) is 0 Å². The second-order valence-corrected chi connectivity index (χ2v) is 2.35. The molecule has 48 valence electrons. The van der Waals surface area contributed by atoms with Crippen molar-refractivity contribution in [2.75, 3.05) is 0 Å². The van der Waals surface area contributed by atoms with Crippen LogP contribution in [0.5, 0.6) is 0 Å². The summed E-state index contributed by atoms with van der Waals surface area (Å²) >= 11 is 0. The molecule has 0 radical (unpaired) electrons. The number of imidazole rings is 1. The molecule has 0 amide bonds. The number of aromatic nitrogens is 2. The largest absolute Gasteiger partial charge is 0.391 e. The highest BCUT2D eigenvalue weighted by molar-refractivity contribution is 4.99. The first-order valence-corrected chi connectivity index (χ1v) is 3.04. The van der Waals surface area contributed by atoms with Gasteiger partial charge in [-0.3, -0.25) is 0 Å². The molecule has 0 spiro atoms. The maximum Gasteiger partial charge on any atom is 0.111 e. The van der Waals surface area contributed by atoms with E-state index in [2.05, 4.69) is 4.98 Å². The fraction of sp³-hybridized carbons (Fsp3) is 0.500. The maximum absolute atomic E-state index is 9.08. The van der Waals surface area contributed by atoms with Gasteiger partial charge in [-0.1, -0.05) is 0 Å². The minimum absolute atomic E-state index is 0.200. The molecular weight excluding hydrogens is 116 g/mol. The first-order valence-electron chi connectivity index (χ1n) is 3.04. The van der Waals surface area contributed by atoms with E-state index in [1.54, 1.807) is 6.20 Å². The van der Waals surface area contributed by atoms with Gasteiger partial charge in [0.15, 0.2) is 0 Å². The van der Waals surface area contributed by atoms with Gasteiger partial charge in [-0.15, -0.1) is 0 Å². The average molecular weight is 124 g/mol. The van der Waals surface area contributed by atoms with Gasteiger partial charge in [-0.25, -0.2) is 4.98 Å². The third-order valence-electron chi connectivity index (χ3n) is 1.63. The number of aliphatic hydroxyl groups is 1. The Kier molecular flexibility index (Phi) is 0.873. The number of hydrogen-bond donors (Lipinski definition) is 1. The van der Waals surface area contributed by atoms with Crippen LogP contribution in [0.1, 0.15) is 5.82 Å². The minimum atomic E-state index is -0.200. The monoisotopic (exact) mass is 124 g/mol. The minimum Gasteiger partial charge on any atom is -0.391 e. The number of aliphatic hydroxyl groups excluding tert-OH is 1. The SMILES string of the molecule is O[C@H]1Cc2nccn2C1. The van der Waals surface area contributed by atoms with E-state index in [1.165, 1.54) is 0 Å². The highest BCUT2D eigenvalue weighted by Gasteiger charge is 2.18. The number of rotatable bonds is 0. The summed E-state index contributed by atoms with van der Waals surface area (Å²) in [6.45, 7) is 0.718. The van der Waals surface area contributed by atoms with Crippen LogP contribution < -0.4 is 0 Å². The van der Waals surface area contributed by atoms with Crippen molar-refractivity contribution >= 4 is 0 Å². The molecule has 1 aromatic heterocycles. The van der Waals surface area contributed by atoms with Gasteiger partial charge in [-0.2, -0.15) is 0 Å². The van der Waals surface area contributed by atoms with Gasteiger partial charge < -0.3 is 9.67 Å². The first-order chi connectivity index (χ1) is 4.36. The molecule has 2 rings (SSSR count). The number of nitrogens with zero attached hydrogens (tertiary/aromatic N) is 2. The van der Waals surface area contributed by atoms with Crippen molar-refractivity contribution in [2.24, 2.45) is 0 Å². The Hall–Kier alpha value is -0.830. The molecule has 0 saturated heterocycles. The van der Waals surface area contributed by atoms with Crippen LogP contribution in [0, 0.1) is 0 Å². The molecule has 1 aliphatic heterocycles. The van der Waals surface area contributed by atoms with Crippen molar-refractivity contribution < 1.29 is 5.11 Å². The lowest BCUT2D eigenvalue weighted by Crippen LogP contribution is -2.06. The molecule has 2 heterocycles. The van der Waals surface area contributed by atoms with Crippen LogP contribution in [0.3, 0.4) is 0 Å². The van der Waals surface area contributed by atoms with E-state index in [9.17, 15) is 0 Å². The van der Waals surface area contributed by atoms with E-state index in [4.69, 9.17) is 5.11 Å². The molecule has 9 heavy (non-hydrogen) atoms. The predicted molar refractivity (Wildman–Crippen MR) is 31.9 cm³/mol. The van der Waals surface area contributed by atoms with Crippen molar-refractivity contribution in [3.63, 3.8) is 0 Å². The molecule has 3 heteroatoms. The number of hydrogen-bond acceptors (Lipinski definition) is 2. The second-order valence-electron chi connectivity index (χ2n) is 2.35. The zero-order valence-corrected chi connectivity index (χ0v) is 4.99. The Morgan fingerprint density at radius 1 is 1.78 bits per heavy atom. The van der Waals surface area contributed by atoms with Crippen molar-refractivity contribution in [1.82, 2.24) is 9.55 Å². The fourth-order valence-electron chi connectivity index (χ4n) is 1.20. The van der Waals surface area contributed by atoms with Gasteiger partial charge in [0.05, 0.1) is 12.6 Å². The van der Waals surface area contributed by atoms with E-state index in [1.807, 2.05) is 10.8 Å². The summed E-state index contributed by atoms with van der Waals surface area (Å²) in [6.07, 6.45) is 4.17. The zero-order chi connectivity index (χ0) is 6.27. The fourth-order valence-corrected chi connectivity index (χ4v) is 1.20. The van der Waals surface area contributed by atoms with Crippen LogP contribution in [0.2, 0.25) is 0 Å². The van der Waals surface area contributed by atoms with E-state index in [0.717, 1.165) is 12.4 Å². The predicted octanol–water partition coefficient (Wildman–Crippen LogP) is -0.200. The molecule has 0 saturated carbocycles. The summed E-state index contributed by atoms with van der Waals surface area (Å²) in [5, 5.41) is 9.08. The van der Waals surface area contributed by atoms with Crippen molar-refractivity contribution in [1.29, 1.82) is 0 Å². The van der Waals surface area contributed by atoms with E-state index in [-0.39, 0.29) is 6.10 Å². The first kappa shape index (κ1) is 4.99. The summed E-state index contributed by atoms with van der Waals surface area (Å²) in [7, 11) is 0. The van der Waals surface area contributed by atoms with Gasteiger partial charge in [0.25, 0.3) is 0 Å². The topological polar surface area (TPSA) is 38.1 Å². The van der Waals surface area contributed by atoms with Gasteiger partial charge in [0.2, 0.25) is 0 Å². The third kappa shape index (κ3) is 0.650. The molecular formula is C6H8N2O. The highest BCUT2D eigenvalue weighted by atomic mass is 16.3. The molecule has 0 bridgehead atoms. The van der Waals surface area contributed by atoms with Crippen LogP contribution in [0.15, 0.2) is 12.4 Å².